The summed E-state index contributed by atoms with van der Waals surface area (Å²) in [5, 5.41) is 0.953. The second kappa shape index (κ2) is 3.99. The summed E-state index contributed by atoms with van der Waals surface area (Å²) in [4.78, 5) is 18.1. The van der Waals surface area contributed by atoms with E-state index in [0.29, 0.717) is 0 Å². The Balaban J connectivity index is 1.94. The molecule has 0 N–H and O–H groups in total. The molecule has 0 saturated carbocycles. The van der Waals surface area contributed by atoms with Crippen LogP contribution in [-0.4, -0.2) is 20.2 Å². The van der Waals surface area contributed by atoms with E-state index in [-0.39, 0.29) is 10.7 Å². The number of fused-ring (bicyclic) bond motifs is 3. The molecule has 1 aliphatic carbocycles. The van der Waals surface area contributed by atoms with Gasteiger partial charge in [-0.15, -0.1) is 0 Å². The fourth-order valence-corrected chi connectivity index (χ4v) is 3.72. The van der Waals surface area contributed by atoms with Crippen LogP contribution in [0.3, 0.4) is 0 Å². The number of hydrogen-bond donors (Lipinski definition) is 0. The second-order valence-corrected chi connectivity index (χ2v) is 6.20. The summed E-state index contributed by atoms with van der Waals surface area (Å²) in [5.74, 6) is 0.879. The van der Waals surface area contributed by atoms with Crippen molar-refractivity contribution in [2.45, 2.75) is 23.9 Å². The maximum absolute atomic E-state index is 11.4. The molecule has 0 amide bonds. The van der Waals surface area contributed by atoms with E-state index in [1.807, 2.05) is 6.08 Å². The molecule has 5 heteroatoms. The Kier molecular flexibility index (Phi) is 2.35. The number of carbonyl (C=O) groups excluding carboxylic acids is 1. The van der Waals surface area contributed by atoms with Crippen LogP contribution >= 0.6 is 11.8 Å². The Morgan fingerprint density at radius 2 is 2.30 bits per heavy atom. The van der Waals surface area contributed by atoms with Gasteiger partial charge < -0.3 is 4.90 Å². The monoisotopic (exact) mass is 283 g/mol. The first kappa shape index (κ1) is 11.8. The highest BCUT2D eigenvalue weighted by Crippen LogP contribution is 2.49. The van der Waals surface area contributed by atoms with E-state index in [9.17, 15) is 4.79 Å². The summed E-state index contributed by atoms with van der Waals surface area (Å²) in [6.07, 6.45) is 17.4. The van der Waals surface area contributed by atoms with Gasteiger partial charge in [-0.2, -0.15) is 0 Å². The quantitative estimate of drug-likeness (QED) is 0.743. The zero-order valence-electron chi connectivity index (χ0n) is 11.0. The number of anilines is 1. The topological polar surface area (TPSA) is 38.1 Å². The predicted molar refractivity (Wildman–Crippen MR) is 80.3 cm³/mol. The lowest BCUT2D eigenvalue weighted by Gasteiger charge is -2.37. The van der Waals surface area contributed by atoms with Crippen LogP contribution in [0.15, 0.2) is 53.9 Å². The average molecular weight is 283 g/mol. The number of imidazole rings is 1. The van der Waals surface area contributed by atoms with E-state index in [1.54, 1.807) is 13.1 Å². The molecular weight excluding hydrogens is 270 g/mol. The highest BCUT2D eigenvalue weighted by molar-refractivity contribution is 8.13. The highest BCUT2D eigenvalue weighted by atomic mass is 32.2. The lowest BCUT2D eigenvalue weighted by atomic mass is 9.85. The minimum Gasteiger partial charge on any atom is -0.303 e. The van der Waals surface area contributed by atoms with Gasteiger partial charge in [-0.3, -0.25) is 9.36 Å². The number of hydrogen-bond acceptors (Lipinski definition) is 4. The second-order valence-electron chi connectivity index (χ2n) is 5.00. The summed E-state index contributed by atoms with van der Waals surface area (Å²) in [6.45, 7) is 1.58. The van der Waals surface area contributed by atoms with Gasteiger partial charge in [0.1, 0.15) is 10.6 Å². The fourth-order valence-electron chi connectivity index (χ4n) is 3.05. The summed E-state index contributed by atoms with van der Waals surface area (Å²) in [5.41, 5.74) is 0.982. The van der Waals surface area contributed by atoms with Crippen molar-refractivity contribution >= 4 is 28.5 Å². The number of thioether (sulfide) groups is 1. The molecule has 1 atom stereocenters. The molecule has 0 aromatic carbocycles. The number of rotatable bonds is 1. The molecule has 20 heavy (non-hydrogen) atoms. The zero-order valence-corrected chi connectivity index (χ0v) is 11.8. The number of nitrogens with zero attached hydrogens (tertiary/aromatic N) is 3. The van der Waals surface area contributed by atoms with Crippen LogP contribution < -0.4 is 4.90 Å². The third kappa shape index (κ3) is 1.38. The van der Waals surface area contributed by atoms with Crippen LogP contribution in [-0.2, 0) is 4.79 Å². The van der Waals surface area contributed by atoms with Gasteiger partial charge in [-0.05, 0) is 30.3 Å². The summed E-state index contributed by atoms with van der Waals surface area (Å²) >= 11 is 1.23. The fraction of sp³-hybridized carbons (Fsp3) is 0.200. The molecule has 3 aliphatic rings. The largest absolute Gasteiger partial charge is 0.303 e. The van der Waals surface area contributed by atoms with Crippen molar-refractivity contribution < 1.29 is 4.79 Å². The van der Waals surface area contributed by atoms with Crippen LogP contribution in [0.4, 0.5) is 5.95 Å². The summed E-state index contributed by atoms with van der Waals surface area (Å²) < 4.78 is 2.09. The molecule has 0 bridgehead atoms. The smallest absolute Gasteiger partial charge is 0.216 e. The first-order valence-electron chi connectivity index (χ1n) is 6.51. The Hall–Kier alpha value is -2.01. The first-order valence-corrected chi connectivity index (χ1v) is 7.33. The van der Waals surface area contributed by atoms with E-state index in [4.69, 9.17) is 0 Å². The van der Waals surface area contributed by atoms with Gasteiger partial charge in [0, 0.05) is 13.1 Å². The van der Waals surface area contributed by atoms with Gasteiger partial charge in [0.2, 0.25) is 5.95 Å². The number of allylic oxidation sites excluding steroid dienone is 4. The predicted octanol–water partition coefficient (Wildman–Crippen LogP) is 2.96. The van der Waals surface area contributed by atoms with Gasteiger partial charge in [0.25, 0.3) is 0 Å². The normalized spacial score (nSPS) is 25.2. The van der Waals surface area contributed by atoms with E-state index < -0.39 is 0 Å². The standard InChI is InChI=1S/C15H13N3OS/c1-11(19)20-13-10-16-14-17-9-5-4-8-15(17)7-3-2-6-12(15)18(13)14/h2-6,8-10H,7H2,1H3. The van der Waals surface area contributed by atoms with Crippen LogP contribution in [0.5, 0.6) is 0 Å². The van der Waals surface area contributed by atoms with Crippen LogP contribution in [0.25, 0.3) is 5.70 Å². The average Bonchev–Trinajstić information content (AvgIpc) is 2.95. The van der Waals surface area contributed by atoms with Crippen molar-refractivity contribution in [3.05, 3.63) is 48.9 Å². The minimum atomic E-state index is -0.181. The third-order valence-electron chi connectivity index (χ3n) is 3.83. The van der Waals surface area contributed by atoms with Gasteiger partial charge in [0.15, 0.2) is 5.12 Å². The van der Waals surface area contributed by atoms with Gasteiger partial charge in [-0.1, -0.05) is 24.3 Å². The van der Waals surface area contributed by atoms with Crippen molar-refractivity contribution in [2.24, 2.45) is 0 Å². The Morgan fingerprint density at radius 3 is 3.15 bits per heavy atom. The Bertz CT molecular complexity index is 725. The van der Waals surface area contributed by atoms with E-state index >= 15 is 0 Å². The number of carbonyl (C=O) groups is 1. The zero-order chi connectivity index (χ0) is 13.7. The first-order chi connectivity index (χ1) is 9.72. The summed E-state index contributed by atoms with van der Waals surface area (Å²) in [7, 11) is 0. The summed E-state index contributed by atoms with van der Waals surface area (Å²) in [6, 6.07) is 0. The number of aromatic nitrogens is 2. The molecule has 100 valence electrons. The van der Waals surface area contributed by atoms with E-state index in [0.717, 1.165) is 23.1 Å². The molecule has 3 heterocycles. The molecule has 0 radical (unpaired) electrons. The maximum Gasteiger partial charge on any atom is 0.216 e. The lowest BCUT2D eigenvalue weighted by molar-refractivity contribution is -0.109. The van der Waals surface area contributed by atoms with Crippen LogP contribution in [0.2, 0.25) is 0 Å². The van der Waals surface area contributed by atoms with Gasteiger partial charge in [0.05, 0.1) is 11.9 Å². The van der Waals surface area contributed by atoms with Gasteiger partial charge in [-0.25, -0.2) is 4.98 Å². The van der Waals surface area contributed by atoms with Crippen molar-refractivity contribution in [1.82, 2.24) is 9.55 Å². The molecule has 1 unspecified atom stereocenters. The van der Waals surface area contributed by atoms with Crippen molar-refractivity contribution in [2.75, 3.05) is 4.90 Å². The molecule has 0 fully saturated rings. The molecule has 2 aliphatic heterocycles. The van der Waals surface area contributed by atoms with E-state index in [2.05, 4.69) is 51.0 Å². The Labute approximate surface area is 121 Å². The van der Waals surface area contributed by atoms with Crippen molar-refractivity contribution in [1.29, 1.82) is 0 Å². The Morgan fingerprint density at radius 1 is 1.40 bits per heavy atom. The van der Waals surface area contributed by atoms with Crippen molar-refractivity contribution in [3.63, 3.8) is 0 Å². The SMILES string of the molecule is CC(=O)Sc1cnc2n1C1=CC=CCC13C=CC=CN23. The molecule has 1 aromatic rings. The van der Waals surface area contributed by atoms with Crippen LogP contribution in [0.1, 0.15) is 13.3 Å². The van der Waals surface area contributed by atoms with Crippen LogP contribution in [0, 0.1) is 0 Å². The van der Waals surface area contributed by atoms with E-state index in [1.165, 1.54) is 11.8 Å². The minimum absolute atomic E-state index is 0.0738. The maximum atomic E-state index is 11.4. The van der Waals surface area contributed by atoms with Crippen molar-refractivity contribution in [3.8, 4) is 0 Å². The molecule has 0 saturated heterocycles. The molecule has 4 nitrogen and oxygen atoms in total. The lowest BCUT2D eigenvalue weighted by Crippen LogP contribution is -2.43. The van der Waals surface area contributed by atoms with Gasteiger partial charge >= 0.3 is 0 Å². The highest BCUT2D eigenvalue weighted by Gasteiger charge is 2.48. The third-order valence-corrected chi connectivity index (χ3v) is 4.61. The molecule has 1 spiro atoms. The molecule has 1 aromatic heterocycles. The molecular formula is C15H13N3OS. The molecule has 4 rings (SSSR count).